The Morgan fingerprint density at radius 1 is 1.14 bits per heavy atom. The van der Waals surface area contributed by atoms with E-state index >= 15 is 0 Å². The average Bonchev–Trinajstić information content (AvgIpc) is 0.722. The Balaban J connectivity index is -0.0000000800. The molecule has 0 spiro atoms. The molecule has 4 nitrogen and oxygen atoms in total. The summed E-state index contributed by atoms with van der Waals surface area (Å²) in [4.78, 5) is 0. The second-order valence-corrected chi connectivity index (χ2v) is 1.22. The van der Waals surface area contributed by atoms with Gasteiger partial charge in [0, 0.05) is 10.4 Å². The van der Waals surface area contributed by atoms with E-state index in [0.29, 0.717) is 0 Å². The summed E-state index contributed by atoms with van der Waals surface area (Å²) in [6.45, 7) is 0. The van der Waals surface area contributed by atoms with Crippen LogP contribution in [0, 0.1) is 0 Å². The summed E-state index contributed by atoms with van der Waals surface area (Å²) in [5.41, 5.74) is 0. The van der Waals surface area contributed by atoms with Crippen LogP contribution >= 0.6 is 0 Å². The Hall–Kier alpha value is 1.71. The van der Waals surface area contributed by atoms with E-state index in [0.717, 1.165) is 0 Å². The fourth-order valence-electron chi connectivity index (χ4n) is 0. The van der Waals surface area contributed by atoms with Crippen molar-refractivity contribution in [3.05, 3.63) is 0 Å². The molecule has 4 radical (unpaired) electrons. The van der Waals surface area contributed by atoms with E-state index < -0.39 is 10.4 Å². The second-order valence-electron chi connectivity index (χ2n) is 0.408. The van der Waals surface area contributed by atoms with Crippen molar-refractivity contribution in [1.82, 2.24) is 0 Å². The molecule has 0 N–H and O–H groups in total. The van der Waals surface area contributed by atoms with Gasteiger partial charge in [0.1, 0.15) is 0 Å². The van der Waals surface area contributed by atoms with Crippen molar-refractivity contribution in [2.24, 2.45) is 0 Å². The van der Waals surface area contributed by atoms with E-state index in [1.807, 2.05) is 0 Å². The zero-order chi connectivity index (χ0) is 4.50. The predicted molar refractivity (Wildman–Crippen MR) is 24.8 cm³/mol. The van der Waals surface area contributed by atoms with E-state index in [4.69, 9.17) is 17.5 Å². The van der Waals surface area contributed by atoms with Crippen LogP contribution in [0.15, 0.2) is 0 Å². The zero-order valence-corrected chi connectivity index (χ0v) is 13.5. The number of hydrogen-bond acceptors (Lipinski definition) is 4. The van der Waals surface area contributed by atoms with E-state index in [-0.39, 0.29) is 54.6 Å². The summed E-state index contributed by atoms with van der Waals surface area (Å²) in [5.74, 6) is 0. The topological polar surface area (TPSA) is 80.3 Å². The molecule has 0 aliphatic rings. The van der Waals surface area contributed by atoms with Crippen molar-refractivity contribution >= 4 is 65.0 Å². The van der Waals surface area contributed by atoms with E-state index in [2.05, 4.69) is 0 Å². The first-order valence-electron chi connectivity index (χ1n) is 0.667. The normalized spacial score (nSPS) is 8.29. The van der Waals surface area contributed by atoms with Gasteiger partial charge >= 0.3 is 54.6 Å². The van der Waals surface area contributed by atoms with Gasteiger partial charge in [-0.25, -0.2) is 0 Å². The molecule has 0 unspecified atom stereocenters. The van der Waals surface area contributed by atoms with Crippen molar-refractivity contribution in [3.63, 3.8) is 0 Å². The van der Waals surface area contributed by atoms with Gasteiger partial charge in [-0.15, -0.1) is 0 Å². The van der Waals surface area contributed by atoms with Crippen molar-refractivity contribution in [1.29, 1.82) is 0 Å². The van der Waals surface area contributed by atoms with E-state index in [9.17, 15) is 0 Å². The van der Waals surface area contributed by atoms with Gasteiger partial charge in [0.15, 0.2) is 0 Å². The molecular formula is H2O4Pb2S. The van der Waals surface area contributed by atoms with E-state index in [1.165, 1.54) is 0 Å². The standard InChI is InChI=1S/H2O4S.2Pb.2H/c1-5(2,3)4;;;;/h(H2,1,2,3,4);;;;/q;;+2;;/p-2. The Kier molecular flexibility index (Phi) is 13.3. The van der Waals surface area contributed by atoms with Gasteiger partial charge < -0.3 is 9.11 Å². The van der Waals surface area contributed by atoms with Crippen LogP contribution in [0.4, 0.5) is 0 Å². The van der Waals surface area contributed by atoms with Crippen molar-refractivity contribution in [3.8, 4) is 0 Å². The molecule has 0 saturated carbocycles. The molecular weight excluding hydrogens is 510 g/mol. The molecule has 0 aromatic carbocycles. The first-order valence-corrected chi connectivity index (χ1v) is 2.00. The van der Waals surface area contributed by atoms with Crippen LogP contribution in [0.2, 0.25) is 0 Å². The van der Waals surface area contributed by atoms with Crippen LogP contribution in [0.25, 0.3) is 0 Å². The molecule has 0 aliphatic heterocycles. The molecule has 40 valence electrons. The predicted octanol–water partition coefficient (Wildman–Crippen LogP) is -2.63. The summed E-state index contributed by atoms with van der Waals surface area (Å²) < 4.78 is 34.1. The Bertz CT molecular complexity index is 92.9. The quantitative estimate of drug-likeness (QED) is 0.202. The molecule has 0 rings (SSSR count). The molecule has 0 atom stereocenters. The van der Waals surface area contributed by atoms with Gasteiger partial charge in [-0.05, 0) is 0 Å². The van der Waals surface area contributed by atoms with Crippen molar-refractivity contribution < 1.29 is 17.5 Å². The van der Waals surface area contributed by atoms with Gasteiger partial charge in [0.25, 0.3) is 0 Å². The first-order chi connectivity index (χ1) is 2.00. The Morgan fingerprint density at radius 2 is 1.14 bits per heavy atom. The van der Waals surface area contributed by atoms with Crippen LogP contribution in [0.3, 0.4) is 0 Å². The SMILES string of the molecule is O=S(=O)([O-])[O-].[Pb+2].[PbH2]. The number of rotatable bonds is 0. The third kappa shape index (κ3) is 85.7. The summed E-state index contributed by atoms with van der Waals surface area (Å²) in [6.07, 6.45) is 0. The van der Waals surface area contributed by atoms with Crippen LogP contribution in [0.5, 0.6) is 0 Å². The van der Waals surface area contributed by atoms with Crippen LogP contribution in [-0.2, 0) is 10.4 Å². The van der Waals surface area contributed by atoms with Crippen LogP contribution in [0.1, 0.15) is 0 Å². The maximum absolute atomic E-state index is 8.52. The minimum absolute atomic E-state index is 0. The van der Waals surface area contributed by atoms with Gasteiger partial charge in [0.05, 0.1) is 0 Å². The maximum atomic E-state index is 8.52. The summed E-state index contributed by atoms with van der Waals surface area (Å²) in [5, 5.41) is 0. The monoisotopic (exact) mass is 514 g/mol. The molecule has 0 amide bonds. The molecule has 0 bridgehead atoms. The summed E-state index contributed by atoms with van der Waals surface area (Å²) >= 11 is 0. The second kappa shape index (κ2) is 5.84. The van der Waals surface area contributed by atoms with Crippen LogP contribution < -0.4 is 0 Å². The third-order valence-electron chi connectivity index (χ3n) is 0. The summed E-state index contributed by atoms with van der Waals surface area (Å²) in [6, 6.07) is 0. The summed E-state index contributed by atoms with van der Waals surface area (Å²) in [7, 11) is -5.17. The molecule has 0 aromatic rings. The zero-order valence-electron chi connectivity index (χ0n) is 3.25. The third-order valence-corrected chi connectivity index (χ3v) is 0. The number of hydrogen-bond donors (Lipinski definition) is 0. The van der Waals surface area contributed by atoms with Gasteiger partial charge in [0.2, 0.25) is 0 Å². The fraction of sp³-hybridized carbons (Fsp3) is 0. The van der Waals surface area contributed by atoms with Crippen molar-refractivity contribution in [2.75, 3.05) is 0 Å². The first kappa shape index (κ1) is 15.9. The van der Waals surface area contributed by atoms with Gasteiger partial charge in [-0.1, -0.05) is 0 Å². The molecule has 0 aromatic heterocycles. The van der Waals surface area contributed by atoms with Gasteiger partial charge in [-0.2, -0.15) is 0 Å². The molecule has 0 aliphatic carbocycles. The molecule has 0 saturated heterocycles. The Morgan fingerprint density at radius 3 is 1.14 bits per heavy atom. The van der Waals surface area contributed by atoms with Crippen molar-refractivity contribution in [2.45, 2.75) is 0 Å². The fourth-order valence-corrected chi connectivity index (χ4v) is 0. The van der Waals surface area contributed by atoms with Crippen LogP contribution in [-0.4, -0.2) is 72.1 Å². The molecule has 7 heavy (non-hydrogen) atoms. The molecule has 0 fully saturated rings. The molecule has 0 heterocycles. The average molecular weight is 512 g/mol. The van der Waals surface area contributed by atoms with Gasteiger partial charge in [-0.3, -0.25) is 8.42 Å². The molecule has 7 heteroatoms. The minimum atomic E-state index is -5.17. The van der Waals surface area contributed by atoms with E-state index in [1.54, 1.807) is 0 Å². The Labute approximate surface area is 81.6 Å².